The summed E-state index contributed by atoms with van der Waals surface area (Å²) in [6.45, 7) is 3.02. The summed E-state index contributed by atoms with van der Waals surface area (Å²) in [6, 6.07) is 9.25. The second-order valence-electron chi connectivity index (χ2n) is 8.09. The van der Waals surface area contributed by atoms with Gasteiger partial charge in [-0.2, -0.15) is 5.10 Å². The predicted octanol–water partition coefficient (Wildman–Crippen LogP) is 2.40. The lowest BCUT2D eigenvalue weighted by molar-refractivity contribution is -0.130. The molecule has 9 heteroatoms. The molecule has 3 heterocycles. The topological polar surface area (TPSA) is 117 Å². The Morgan fingerprint density at radius 1 is 1.22 bits per heavy atom. The standard InChI is InChI=1S/C23H26N6O3/c1-15-19(23(32)26-17-5-3-2-4-6-17)13-24-22(25-15)16-11-12-29(14-16)21(31)10-8-18-7-9-20(30)28-27-18/h2-6,13,16H,7-12,14H2,1H3,(H,26,32)(H,28,30)/t16-/m0/s1. The Labute approximate surface area is 186 Å². The van der Waals surface area contributed by atoms with E-state index in [-0.39, 0.29) is 23.6 Å². The van der Waals surface area contributed by atoms with Crippen LogP contribution in [0.3, 0.4) is 0 Å². The van der Waals surface area contributed by atoms with E-state index in [1.165, 1.54) is 0 Å². The highest BCUT2D eigenvalue weighted by Crippen LogP contribution is 2.26. The zero-order valence-corrected chi connectivity index (χ0v) is 18.0. The fourth-order valence-electron chi connectivity index (χ4n) is 3.92. The number of carbonyl (C=O) groups is 3. The van der Waals surface area contributed by atoms with Gasteiger partial charge in [-0.1, -0.05) is 18.2 Å². The Morgan fingerprint density at radius 2 is 2.03 bits per heavy atom. The Kier molecular flexibility index (Phi) is 6.53. The van der Waals surface area contributed by atoms with Crippen molar-refractivity contribution in [3.05, 3.63) is 53.6 Å². The number of rotatable bonds is 6. The number of amides is 3. The van der Waals surface area contributed by atoms with Crippen molar-refractivity contribution in [3.8, 4) is 0 Å². The largest absolute Gasteiger partial charge is 0.342 e. The summed E-state index contributed by atoms with van der Waals surface area (Å²) >= 11 is 0. The van der Waals surface area contributed by atoms with Crippen LogP contribution >= 0.6 is 0 Å². The summed E-state index contributed by atoms with van der Waals surface area (Å²) < 4.78 is 0. The molecule has 9 nitrogen and oxygen atoms in total. The van der Waals surface area contributed by atoms with Crippen LogP contribution in [0, 0.1) is 6.92 Å². The Hall–Kier alpha value is -3.62. The van der Waals surface area contributed by atoms with Gasteiger partial charge in [0.2, 0.25) is 11.8 Å². The van der Waals surface area contributed by atoms with Crippen LogP contribution < -0.4 is 10.7 Å². The molecule has 0 unspecified atom stereocenters. The van der Waals surface area contributed by atoms with Gasteiger partial charge < -0.3 is 10.2 Å². The van der Waals surface area contributed by atoms with E-state index in [2.05, 4.69) is 25.8 Å². The average Bonchev–Trinajstić information content (AvgIpc) is 3.29. The summed E-state index contributed by atoms with van der Waals surface area (Å²) in [5.41, 5.74) is 5.09. The molecule has 0 aliphatic carbocycles. The quantitative estimate of drug-likeness (QED) is 0.724. The van der Waals surface area contributed by atoms with Gasteiger partial charge in [-0.25, -0.2) is 15.4 Å². The van der Waals surface area contributed by atoms with E-state index < -0.39 is 0 Å². The summed E-state index contributed by atoms with van der Waals surface area (Å²) in [7, 11) is 0. The van der Waals surface area contributed by atoms with Crippen LogP contribution in [0.2, 0.25) is 0 Å². The van der Waals surface area contributed by atoms with Gasteiger partial charge in [-0.05, 0) is 38.3 Å². The number of hydrogen-bond donors (Lipinski definition) is 2. The average molecular weight is 435 g/mol. The molecule has 1 aromatic heterocycles. The van der Waals surface area contributed by atoms with E-state index in [1.807, 2.05) is 35.2 Å². The zero-order valence-electron chi connectivity index (χ0n) is 18.0. The molecule has 166 valence electrons. The third kappa shape index (κ3) is 5.16. The number of anilines is 1. The van der Waals surface area contributed by atoms with Gasteiger partial charge in [0.25, 0.3) is 5.91 Å². The van der Waals surface area contributed by atoms with Crippen LogP contribution in [0.5, 0.6) is 0 Å². The Bertz CT molecular complexity index is 1050. The fraction of sp³-hybridized carbons (Fsp3) is 0.391. The number of para-hydroxylation sites is 1. The minimum atomic E-state index is -0.245. The van der Waals surface area contributed by atoms with Gasteiger partial charge in [0.05, 0.1) is 11.3 Å². The molecule has 2 aliphatic rings. The third-order valence-corrected chi connectivity index (χ3v) is 5.79. The predicted molar refractivity (Wildman–Crippen MR) is 119 cm³/mol. The molecule has 0 saturated carbocycles. The van der Waals surface area contributed by atoms with Gasteiger partial charge in [0.1, 0.15) is 5.82 Å². The lowest BCUT2D eigenvalue weighted by atomic mass is 10.1. The molecule has 1 atom stereocenters. The maximum absolute atomic E-state index is 12.6. The second-order valence-corrected chi connectivity index (χ2v) is 8.09. The molecular weight excluding hydrogens is 408 g/mol. The van der Waals surface area contributed by atoms with Gasteiger partial charge in [0, 0.05) is 49.4 Å². The smallest absolute Gasteiger partial charge is 0.259 e. The van der Waals surface area contributed by atoms with E-state index >= 15 is 0 Å². The normalized spacial score (nSPS) is 18.2. The van der Waals surface area contributed by atoms with E-state index in [4.69, 9.17) is 0 Å². The van der Waals surface area contributed by atoms with Crippen molar-refractivity contribution >= 4 is 29.1 Å². The number of aryl methyl sites for hydroxylation is 1. The highest BCUT2D eigenvalue weighted by molar-refractivity contribution is 6.04. The van der Waals surface area contributed by atoms with Crippen LogP contribution in [0.1, 0.15) is 59.9 Å². The minimum Gasteiger partial charge on any atom is -0.342 e. The number of carbonyl (C=O) groups excluding carboxylic acids is 3. The first-order valence-corrected chi connectivity index (χ1v) is 10.8. The number of hydrogen-bond acceptors (Lipinski definition) is 6. The van der Waals surface area contributed by atoms with Crippen molar-refractivity contribution in [2.75, 3.05) is 18.4 Å². The van der Waals surface area contributed by atoms with Crippen molar-refractivity contribution in [2.45, 2.75) is 44.9 Å². The molecule has 2 aliphatic heterocycles. The Balaban J connectivity index is 1.32. The van der Waals surface area contributed by atoms with E-state index in [9.17, 15) is 14.4 Å². The van der Waals surface area contributed by atoms with E-state index in [1.54, 1.807) is 13.1 Å². The summed E-state index contributed by atoms with van der Waals surface area (Å²) in [5, 5.41) is 6.87. The molecule has 2 aromatic rings. The lowest BCUT2D eigenvalue weighted by Gasteiger charge is -2.17. The second kappa shape index (κ2) is 9.67. The summed E-state index contributed by atoms with van der Waals surface area (Å²) in [6.07, 6.45) is 4.32. The molecule has 4 rings (SSSR count). The minimum absolute atomic E-state index is 0.0511. The van der Waals surface area contributed by atoms with E-state index in [0.29, 0.717) is 61.5 Å². The first-order chi connectivity index (χ1) is 15.5. The molecule has 1 aromatic carbocycles. The Morgan fingerprint density at radius 3 is 2.75 bits per heavy atom. The van der Waals surface area contributed by atoms with Crippen molar-refractivity contribution in [3.63, 3.8) is 0 Å². The molecule has 0 bridgehead atoms. The molecule has 3 amide bonds. The molecule has 2 N–H and O–H groups in total. The maximum Gasteiger partial charge on any atom is 0.259 e. The molecule has 1 saturated heterocycles. The fourth-order valence-corrected chi connectivity index (χ4v) is 3.92. The van der Waals surface area contributed by atoms with Crippen LogP contribution in [-0.4, -0.2) is 51.4 Å². The monoisotopic (exact) mass is 434 g/mol. The van der Waals surface area contributed by atoms with Gasteiger partial charge >= 0.3 is 0 Å². The SMILES string of the molecule is Cc1nc([C@H]2CCN(C(=O)CCC3=NNC(=O)CC3)C2)ncc1C(=O)Nc1ccccc1. The first kappa shape index (κ1) is 21.6. The zero-order chi connectivity index (χ0) is 22.5. The first-order valence-electron chi connectivity index (χ1n) is 10.8. The van der Waals surface area contributed by atoms with Crippen molar-refractivity contribution in [2.24, 2.45) is 5.10 Å². The van der Waals surface area contributed by atoms with Crippen molar-refractivity contribution in [1.82, 2.24) is 20.3 Å². The number of aromatic nitrogens is 2. The highest BCUT2D eigenvalue weighted by Gasteiger charge is 2.29. The maximum atomic E-state index is 12.6. The molecule has 1 fully saturated rings. The summed E-state index contributed by atoms with van der Waals surface area (Å²) in [4.78, 5) is 47.2. The van der Waals surface area contributed by atoms with Crippen molar-refractivity contribution < 1.29 is 14.4 Å². The number of nitrogens with zero attached hydrogens (tertiary/aromatic N) is 4. The third-order valence-electron chi connectivity index (χ3n) is 5.79. The molecule has 0 spiro atoms. The lowest BCUT2D eigenvalue weighted by Crippen LogP contribution is -2.30. The van der Waals surface area contributed by atoms with Crippen LogP contribution in [0.25, 0.3) is 0 Å². The van der Waals surface area contributed by atoms with Crippen LogP contribution in [0.15, 0.2) is 41.6 Å². The number of benzene rings is 1. The number of nitrogens with one attached hydrogen (secondary N) is 2. The molecular formula is C23H26N6O3. The number of hydrazone groups is 1. The summed E-state index contributed by atoms with van der Waals surface area (Å²) in [5.74, 6) is 0.456. The van der Waals surface area contributed by atoms with Gasteiger partial charge in [0.15, 0.2) is 0 Å². The van der Waals surface area contributed by atoms with Gasteiger partial charge in [-0.15, -0.1) is 0 Å². The van der Waals surface area contributed by atoms with Crippen LogP contribution in [-0.2, 0) is 9.59 Å². The molecule has 0 radical (unpaired) electrons. The van der Waals surface area contributed by atoms with Gasteiger partial charge in [-0.3, -0.25) is 14.4 Å². The number of likely N-dealkylation sites (tertiary alicyclic amines) is 1. The van der Waals surface area contributed by atoms with Crippen LogP contribution in [0.4, 0.5) is 5.69 Å². The van der Waals surface area contributed by atoms with Crippen molar-refractivity contribution in [1.29, 1.82) is 0 Å². The van der Waals surface area contributed by atoms with E-state index in [0.717, 1.165) is 12.1 Å². The molecule has 32 heavy (non-hydrogen) atoms. The highest BCUT2D eigenvalue weighted by atomic mass is 16.2.